The summed E-state index contributed by atoms with van der Waals surface area (Å²) in [6.07, 6.45) is 2.31. The standard InChI is InChI=1S/C19H19NO2/c1-22-17-12-18(16-10-6-3-7-11-16)20(19(21)13-17)14-15-8-4-2-5-9-15/h2-11,13,18H,12,14H2,1H3. The van der Waals surface area contributed by atoms with Gasteiger partial charge in [0, 0.05) is 19.0 Å². The van der Waals surface area contributed by atoms with Gasteiger partial charge in [-0.3, -0.25) is 4.79 Å². The van der Waals surface area contributed by atoms with Crippen molar-refractivity contribution in [3.63, 3.8) is 0 Å². The first-order valence-corrected chi connectivity index (χ1v) is 7.42. The summed E-state index contributed by atoms with van der Waals surface area (Å²) in [7, 11) is 1.62. The van der Waals surface area contributed by atoms with Gasteiger partial charge in [-0.25, -0.2) is 0 Å². The van der Waals surface area contributed by atoms with Gasteiger partial charge in [-0.2, -0.15) is 0 Å². The van der Waals surface area contributed by atoms with Crippen molar-refractivity contribution in [2.75, 3.05) is 7.11 Å². The molecule has 1 aliphatic rings. The Morgan fingerprint density at radius 2 is 1.68 bits per heavy atom. The molecule has 1 aliphatic heterocycles. The zero-order valence-corrected chi connectivity index (χ0v) is 12.6. The van der Waals surface area contributed by atoms with E-state index in [-0.39, 0.29) is 11.9 Å². The number of rotatable bonds is 4. The van der Waals surface area contributed by atoms with E-state index >= 15 is 0 Å². The Morgan fingerprint density at radius 3 is 2.32 bits per heavy atom. The molecule has 3 rings (SSSR count). The molecule has 0 N–H and O–H groups in total. The SMILES string of the molecule is COC1=CC(=O)N(Cc2ccccc2)C(c2ccccc2)C1. The smallest absolute Gasteiger partial charge is 0.250 e. The fourth-order valence-electron chi connectivity index (χ4n) is 2.82. The molecule has 3 nitrogen and oxygen atoms in total. The second-order valence-electron chi connectivity index (χ2n) is 5.40. The van der Waals surface area contributed by atoms with Gasteiger partial charge < -0.3 is 9.64 Å². The molecule has 0 saturated heterocycles. The first kappa shape index (κ1) is 14.4. The van der Waals surface area contributed by atoms with Crippen LogP contribution in [0.25, 0.3) is 0 Å². The van der Waals surface area contributed by atoms with Crippen LogP contribution in [0.4, 0.5) is 0 Å². The molecule has 1 amide bonds. The van der Waals surface area contributed by atoms with E-state index in [4.69, 9.17) is 4.74 Å². The van der Waals surface area contributed by atoms with E-state index in [1.54, 1.807) is 13.2 Å². The molecule has 0 aliphatic carbocycles. The van der Waals surface area contributed by atoms with E-state index in [1.807, 2.05) is 53.4 Å². The lowest BCUT2D eigenvalue weighted by Gasteiger charge is -2.35. The average Bonchev–Trinajstić information content (AvgIpc) is 2.58. The van der Waals surface area contributed by atoms with Crippen molar-refractivity contribution < 1.29 is 9.53 Å². The molecule has 112 valence electrons. The first-order valence-electron chi connectivity index (χ1n) is 7.42. The fourth-order valence-corrected chi connectivity index (χ4v) is 2.82. The molecule has 1 heterocycles. The number of hydrogen-bond donors (Lipinski definition) is 0. The number of ether oxygens (including phenoxy) is 1. The van der Waals surface area contributed by atoms with Crippen molar-refractivity contribution in [1.29, 1.82) is 0 Å². The lowest BCUT2D eigenvalue weighted by Crippen LogP contribution is -2.36. The second kappa shape index (κ2) is 6.48. The van der Waals surface area contributed by atoms with Gasteiger partial charge in [-0.15, -0.1) is 0 Å². The van der Waals surface area contributed by atoms with E-state index in [1.165, 1.54) is 0 Å². The molecule has 0 spiro atoms. The minimum absolute atomic E-state index is 0.000746. The highest BCUT2D eigenvalue weighted by Gasteiger charge is 2.30. The van der Waals surface area contributed by atoms with Crippen LogP contribution in [-0.2, 0) is 16.1 Å². The molecular formula is C19H19NO2. The maximum absolute atomic E-state index is 12.5. The van der Waals surface area contributed by atoms with Crippen molar-refractivity contribution in [2.45, 2.75) is 19.0 Å². The van der Waals surface area contributed by atoms with Crippen LogP contribution < -0.4 is 0 Å². The molecule has 0 fully saturated rings. The largest absolute Gasteiger partial charge is 0.501 e. The summed E-state index contributed by atoms with van der Waals surface area (Å²) in [6, 6.07) is 20.2. The quantitative estimate of drug-likeness (QED) is 0.860. The normalized spacial score (nSPS) is 18.0. The highest BCUT2D eigenvalue weighted by Crippen LogP contribution is 2.33. The topological polar surface area (TPSA) is 29.5 Å². The summed E-state index contributed by atoms with van der Waals surface area (Å²) >= 11 is 0. The summed E-state index contributed by atoms with van der Waals surface area (Å²) in [5.74, 6) is 0.740. The molecule has 3 heteroatoms. The van der Waals surface area contributed by atoms with Crippen molar-refractivity contribution in [2.24, 2.45) is 0 Å². The van der Waals surface area contributed by atoms with Gasteiger partial charge in [0.15, 0.2) is 0 Å². The number of methoxy groups -OCH3 is 1. The third kappa shape index (κ3) is 3.03. The predicted octanol–water partition coefficient (Wildman–Crippen LogP) is 3.69. The Morgan fingerprint density at radius 1 is 1.05 bits per heavy atom. The fraction of sp³-hybridized carbons (Fsp3) is 0.211. The minimum atomic E-state index is 0.000746. The molecule has 2 aromatic carbocycles. The zero-order valence-electron chi connectivity index (χ0n) is 12.6. The predicted molar refractivity (Wildman–Crippen MR) is 85.9 cm³/mol. The van der Waals surface area contributed by atoms with Crippen molar-refractivity contribution in [3.8, 4) is 0 Å². The third-order valence-electron chi connectivity index (χ3n) is 3.98. The van der Waals surface area contributed by atoms with Crippen molar-refractivity contribution >= 4 is 5.91 Å². The van der Waals surface area contributed by atoms with E-state index < -0.39 is 0 Å². The molecule has 0 aromatic heterocycles. The van der Waals surface area contributed by atoms with Gasteiger partial charge in [0.1, 0.15) is 5.76 Å². The van der Waals surface area contributed by atoms with Gasteiger partial charge in [-0.1, -0.05) is 60.7 Å². The van der Waals surface area contributed by atoms with Gasteiger partial charge >= 0.3 is 0 Å². The molecule has 0 radical (unpaired) electrons. The third-order valence-corrected chi connectivity index (χ3v) is 3.98. The molecule has 2 aromatic rings. The molecule has 22 heavy (non-hydrogen) atoms. The Kier molecular flexibility index (Phi) is 4.24. The van der Waals surface area contributed by atoms with E-state index in [0.717, 1.165) is 16.9 Å². The van der Waals surface area contributed by atoms with Crippen LogP contribution in [0.1, 0.15) is 23.6 Å². The number of amides is 1. The average molecular weight is 293 g/mol. The monoisotopic (exact) mass is 293 g/mol. The van der Waals surface area contributed by atoms with Gasteiger partial charge in [0.25, 0.3) is 5.91 Å². The highest BCUT2D eigenvalue weighted by molar-refractivity contribution is 5.89. The lowest BCUT2D eigenvalue weighted by atomic mass is 9.97. The molecule has 0 saturated carbocycles. The molecule has 1 atom stereocenters. The zero-order chi connectivity index (χ0) is 15.4. The molecule has 0 bridgehead atoms. The second-order valence-corrected chi connectivity index (χ2v) is 5.40. The number of carbonyl (C=O) groups excluding carboxylic acids is 1. The Hall–Kier alpha value is -2.55. The maximum atomic E-state index is 12.5. The highest BCUT2D eigenvalue weighted by atomic mass is 16.5. The van der Waals surface area contributed by atoms with Crippen LogP contribution in [0.3, 0.4) is 0 Å². The van der Waals surface area contributed by atoms with Crippen molar-refractivity contribution in [1.82, 2.24) is 4.90 Å². The van der Waals surface area contributed by atoms with Crippen LogP contribution in [0.5, 0.6) is 0 Å². The number of nitrogens with zero attached hydrogens (tertiary/aromatic N) is 1. The summed E-state index contributed by atoms with van der Waals surface area (Å²) in [6.45, 7) is 0.604. The number of benzene rings is 2. The van der Waals surface area contributed by atoms with Crippen LogP contribution in [0.2, 0.25) is 0 Å². The summed E-state index contributed by atoms with van der Waals surface area (Å²) in [4.78, 5) is 14.4. The van der Waals surface area contributed by atoms with E-state index in [0.29, 0.717) is 13.0 Å². The summed E-state index contributed by atoms with van der Waals surface area (Å²) in [5.41, 5.74) is 2.26. The van der Waals surface area contributed by atoms with Crippen molar-refractivity contribution in [3.05, 3.63) is 83.6 Å². The van der Waals surface area contributed by atoms with Crippen LogP contribution in [0, 0.1) is 0 Å². The Balaban J connectivity index is 1.93. The Labute approximate surface area is 130 Å². The van der Waals surface area contributed by atoms with Crippen LogP contribution >= 0.6 is 0 Å². The minimum Gasteiger partial charge on any atom is -0.501 e. The number of hydrogen-bond acceptors (Lipinski definition) is 2. The van der Waals surface area contributed by atoms with Gasteiger partial charge in [0.05, 0.1) is 13.2 Å². The molecular weight excluding hydrogens is 274 g/mol. The van der Waals surface area contributed by atoms with Crippen LogP contribution in [0.15, 0.2) is 72.5 Å². The number of carbonyl (C=O) groups is 1. The van der Waals surface area contributed by atoms with Gasteiger partial charge in [-0.05, 0) is 11.1 Å². The lowest BCUT2D eigenvalue weighted by molar-refractivity contribution is -0.130. The molecule has 1 unspecified atom stereocenters. The maximum Gasteiger partial charge on any atom is 0.250 e. The van der Waals surface area contributed by atoms with Crippen LogP contribution in [-0.4, -0.2) is 17.9 Å². The summed E-state index contributed by atoms with van der Waals surface area (Å²) < 4.78 is 5.33. The Bertz CT molecular complexity index is 664. The van der Waals surface area contributed by atoms with E-state index in [2.05, 4.69) is 12.1 Å². The first-order chi connectivity index (χ1) is 10.8. The summed E-state index contributed by atoms with van der Waals surface area (Å²) in [5, 5.41) is 0. The van der Waals surface area contributed by atoms with Gasteiger partial charge in [0.2, 0.25) is 0 Å². The van der Waals surface area contributed by atoms with E-state index in [9.17, 15) is 4.79 Å².